The van der Waals surface area contributed by atoms with Crippen LogP contribution in [0.5, 0.6) is 0 Å². The molecule has 2 heterocycles. The van der Waals surface area contributed by atoms with Crippen LogP contribution in [0.2, 0.25) is 0 Å². The van der Waals surface area contributed by atoms with Crippen molar-refractivity contribution >= 4 is 11.3 Å². The Bertz CT molecular complexity index is 702. The molecule has 108 valence electrons. The van der Waals surface area contributed by atoms with Gasteiger partial charge < -0.3 is 5.32 Å². The number of aryl methyl sites for hydroxylation is 1. The summed E-state index contributed by atoms with van der Waals surface area (Å²) in [6, 6.07) is 12.3. The van der Waals surface area contributed by atoms with Crippen LogP contribution in [0.1, 0.15) is 29.1 Å². The van der Waals surface area contributed by atoms with Gasteiger partial charge in [0.15, 0.2) is 0 Å². The van der Waals surface area contributed by atoms with Crippen molar-refractivity contribution in [3.63, 3.8) is 0 Å². The third kappa shape index (κ3) is 3.04. The molecule has 1 aromatic carbocycles. The zero-order valence-electron chi connectivity index (χ0n) is 12.2. The highest BCUT2D eigenvalue weighted by Gasteiger charge is 2.18. The second kappa shape index (κ2) is 6.20. The van der Waals surface area contributed by atoms with E-state index >= 15 is 0 Å². The van der Waals surface area contributed by atoms with Gasteiger partial charge in [0.1, 0.15) is 5.69 Å². The smallest absolute Gasteiger partial charge is 0.105 e. The van der Waals surface area contributed by atoms with Crippen molar-refractivity contribution in [3.8, 4) is 5.69 Å². The van der Waals surface area contributed by atoms with Crippen molar-refractivity contribution in [1.82, 2.24) is 20.3 Å². The number of hydrogen-bond donors (Lipinski definition) is 1. The second-order valence-corrected chi connectivity index (χ2v) is 5.99. The van der Waals surface area contributed by atoms with E-state index in [-0.39, 0.29) is 6.04 Å². The van der Waals surface area contributed by atoms with Crippen LogP contribution in [0.25, 0.3) is 5.69 Å². The summed E-state index contributed by atoms with van der Waals surface area (Å²) in [5.74, 6) is 0. The SMILES string of the molecule is CCNC(c1csc(C)c1)c1cnn(-c2ccccc2)n1. The molecule has 3 aromatic rings. The number of aromatic nitrogens is 3. The Morgan fingerprint density at radius 2 is 2.10 bits per heavy atom. The van der Waals surface area contributed by atoms with E-state index in [9.17, 15) is 0 Å². The Labute approximate surface area is 128 Å². The third-order valence-corrected chi connectivity index (χ3v) is 4.16. The fraction of sp³-hybridized carbons (Fsp3) is 0.250. The van der Waals surface area contributed by atoms with E-state index in [1.807, 2.05) is 36.5 Å². The number of rotatable bonds is 5. The minimum atomic E-state index is 0.0948. The molecule has 0 saturated carbocycles. The number of thiophene rings is 1. The van der Waals surface area contributed by atoms with Crippen LogP contribution in [-0.4, -0.2) is 21.5 Å². The van der Waals surface area contributed by atoms with Crippen LogP contribution in [0, 0.1) is 6.92 Å². The van der Waals surface area contributed by atoms with E-state index in [0.717, 1.165) is 17.9 Å². The maximum atomic E-state index is 4.63. The normalized spacial score (nSPS) is 12.5. The lowest BCUT2D eigenvalue weighted by molar-refractivity contribution is 0.606. The molecule has 1 N–H and O–H groups in total. The average molecular weight is 298 g/mol. The monoisotopic (exact) mass is 298 g/mol. The van der Waals surface area contributed by atoms with Gasteiger partial charge in [0.05, 0.1) is 17.9 Å². The molecule has 1 unspecified atom stereocenters. The molecule has 5 heteroatoms. The molecular formula is C16H18N4S. The molecular weight excluding hydrogens is 280 g/mol. The lowest BCUT2D eigenvalue weighted by atomic mass is 10.1. The topological polar surface area (TPSA) is 42.7 Å². The van der Waals surface area contributed by atoms with Gasteiger partial charge in [0.2, 0.25) is 0 Å². The first kappa shape index (κ1) is 14.0. The fourth-order valence-electron chi connectivity index (χ4n) is 2.31. The molecule has 0 amide bonds. The Kier molecular flexibility index (Phi) is 4.13. The van der Waals surface area contributed by atoms with Crippen LogP contribution in [-0.2, 0) is 0 Å². The quantitative estimate of drug-likeness (QED) is 0.785. The van der Waals surface area contributed by atoms with Crippen molar-refractivity contribution in [2.24, 2.45) is 0 Å². The predicted octanol–water partition coefficient (Wildman–Crippen LogP) is 3.34. The highest BCUT2D eigenvalue weighted by atomic mass is 32.1. The van der Waals surface area contributed by atoms with Gasteiger partial charge in [-0.25, -0.2) is 0 Å². The molecule has 4 nitrogen and oxygen atoms in total. The van der Waals surface area contributed by atoms with Gasteiger partial charge in [0.25, 0.3) is 0 Å². The van der Waals surface area contributed by atoms with E-state index in [1.165, 1.54) is 10.4 Å². The lowest BCUT2D eigenvalue weighted by Crippen LogP contribution is -2.22. The van der Waals surface area contributed by atoms with Crippen LogP contribution >= 0.6 is 11.3 Å². The van der Waals surface area contributed by atoms with Gasteiger partial charge in [0, 0.05) is 4.88 Å². The van der Waals surface area contributed by atoms with Crippen molar-refractivity contribution in [3.05, 3.63) is 64.1 Å². The molecule has 3 rings (SSSR count). The van der Waals surface area contributed by atoms with Gasteiger partial charge in [-0.3, -0.25) is 0 Å². The van der Waals surface area contributed by atoms with Gasteiger partial charge in [-0.15, -0.1) is 11.3 Å². The van der Waals surface area contributed by atoms with Crippen LogP contribution in [0.4, 0.5) is 0 Å². The maximum absolute atomic E-state index is 4.63. The molecule has 0 saturated heterocycles. The number of para-hydroxylation sites is 1. The Hall–Kier alpha value is -1.98. The zero-order valence-corrected chi connectivity index (χ0v) is 13.0. The van der Waals surface area contributed by atoms with Crippen LogP contribution < -0.4 is 5.32 Å². The van der Waals surface area contributed by atoms with Crippen molar-refractivity contribution in [2.75, 3.05) is 6.54 Å². The molecule has 0 radical (unpaired) electrons. The molecule has 0 aliphatic rings. The van der Waals surface area contributed by atoms with Crippen molar-refractivity contribution in [1.29, 1.82) is 0 Å². The molecule has 0 aliphatic carbocycles. The van der Waals surface area contributed by atoms with Crippen molar-refractivity contribution in [2.45, 2.75) is 19.9 Å². The summed E-state index contributed by atoms with van der Waals surface area (Å²) < 4.78 is 0. The minimum Gasteiger partial charge on any atom is -0.305 e. The lowest BCUT2D eigenvalue weighted by Gasteiger charge is -2.13. The number of hydrogen-bond acceptors (Lipinski definition) is 4. The molecule has 1 atom stereocenters. The summed E-state index contributed by atoms with van der Waals surface area (Å²) >= 11 is 1.76. The number of nitrogens with one attached hydrogen (secondary N) is 1. The Morgan fingerprint density at radius 3 is 2.76 bits per heavy atom. The molecule has 0 aliphatic heterocycles. The predicted molar refractivity (Wildman–Crippen MR) is 85.9 cm³/mol. The summed E-state index contributed by atoms with van der Waals surface area (Å²) in [6.45, 7) is 5.11. The average Bonchev–Trinajstić information content (AvgIpc) is 3.15. The zero-order chi connectivity index (χ0) is 14.7. The summed E-state index contributed by atoms with van der Waals surface area (Å²) in [7, 11) is 0. The van der Waals surface area contributed by atoms with Gasteiger partial charge in [-0.1, -0.05) is 25.1 Å². The standard InChI is InChI=1S/C16H18N4S/c1-3-17-16(13-9-12(2)21-11-13)15-10-18-20(19-15)14-7-5-4-6-8-14/h4-11,16-17H,3H2,1-2H3. The molecule has 21 heavy (non-hydrogen) atoms. The largest absolute Gasteiger partial charge is 0.305 e. The third-order valence-electron chi connectivity index (χ3n) is 3.28. The van der Waals surface area contributed by atoms with E-state index < -0.39 is 0 Å². The first-order chi connectivity index (χ1) is 10.3. The van der Waals surface area contributed by atoms with E-state index in [0.29, 0.717) is 0 Å². The Morgan fingerprint density at radius 1 is 1.29 bits per heavy atom. The van der Waals surface area contributed by atoms with Crippen molar-refractivity contribution < 1.29 is 0 Å². The summed E-state index contributed by atoms with van der Waals surface area (Å²) in [4.78, 5) is 2.99. The highest BCUT2D eigenvalue weighted by molar-refractivity contribution is 7.10. The highest BCUT2D eigenvalue weighted by Crippen LogP contribution is 2.25. The first-order valence-corrected chi connectivity index (χ1v) is 7.92. The van der Waals surface area contributed by atoms with Crippen LogP contribution in [0.15, 0.2) is 48.0 Å². The number of benzene rings is 1. The number of nitrogens with zero attached hydrogens (tertiary/aromatic N) is 3. The molecule has 0 bridgehead atoms. The first-order valence-electron chi connectivity index (χ1n) is 7.04. The summed E-state index contributed by atoms with van der Waals surface area (Å²) in [5.41, 5.74) is 3.17. The Balaban J connectivity index is 1.92. The maximum Gasteiger partial charge on any atom is 0.105 e. The van der Waals surface area contributed by atoms with Gasteiger partial charge in [-0.05, 0) is 42.6 Å². The molecule has 0 fully saturated rings. The molecule has 0 spiro atoms. The van der Waals surface area contributed by atoms with E-state index in [2.05, 4.69) is 40.8 Å². The van der Waals surface area contributed by atoms with E-state index in [1.54, 1.807) is 16.1 Å². The fourth-order valence-corrected chi connectivity index (χ4v) is 3.04. The summed E-state index contributed by atoms with van der Waals surface area (Å²) in [5, 5.41) is 14.7. The van der Waals surface area contributed by atoms with Gasteiger partial charge in [-0.2, -0.15) is 15.0 Å². The van der Waals surface area contributed by atoms with E-state index in [4.69, 9.17) is 0 Å². The summed E-state index contributed by atoms with van der Waals surface area (Å²) in [6.07, 6.45) is 1.84. The van der Waals surface area contributed by atoms with Gasteiger partial charge >= 0.3 is 0 Å². The minimum absolute atomic E-state index is 0.0948. The second-order valence-electron chi connectivity index (χ2n) is 4.88. The van der Waals surface area contributed by atoms with Crippen LogP contribution in [0.3, 0.4) is 0 Å². The molecule has 2 aromatic heterocycles.